The Morgan fingerprint density at radius 2 is 1.75 bits per heavy atom. The first-order valence-corrected chi connectivity index (χ1v) is 3.99. The first-order valence-electron chi connectivity index (χ1n) is 3.99. The zero-order valence-corrected chi connectivity index (χ0v) is 7.45. The van der Waals surface area contributed by atoms with E-state index in [4.69, 9.17) is 5.73 Å². The highest BCUT2D eigenvalue weighted by atomic mass is 16.3. The highest BCUT2D eigenvalue weighted by Crippen LogP contribution is 2.11. The molecule has 0 spiro atoms. The summed E-state index contributed by atoms with van der Waals surface area (Å²) in [4.78, 5) is 9.92. The largest absolute Gasteiger partial charge is 0.326 e. The minimum absolute atomic E-state index is 0.442. The number of nitroso groups, excluding NO2 is 1. The number of rotatable bonds is 2. The fourth-order valence-electron chi connectivity index (χ4n) is 0.693. The average Bonchev–Trinajstić information content (AvgIpc) is 2.21. The summed E-state index contributed by atoms with van der Waals surface area (Å²) in [6.07, 6.45) is 0. The second-order valence-electron chi connectivity index (χ2n) is 1.96. The van der Waals surface area contributed by atoms with Gasteiger partial charge in [0.15, 0.2) is 0 Å². The maximum absolute atomic E-state index is 9.92. The second-order valence-corrected chi connectivity index (χ2v) is 1.96. The van der Waals surface area contributed by atoms with Crippen LogP contribution >= 0.6 is 0 Å². The van der Waals surface area contributed by atoms with Gasteiger partial charge >= 0.3 is 0 Å². The molecule has 1 rings (SSSR count). The van der Waals surface area contributed by atoms with Crippen molar-refractivity contribution in [3.8, 4) is 0 Å². The molecule has 0 bridgehead atoms. The van der Waals surface area contributed by atoms with Gasteiger partial charge in [-0.15, -0.1) is 4.91 Å². The lowest BCUT2D eigenvalue weighted by Gasteiger charge is -1.93. The number of hydrogen-bond donors (Lipinski definition) is 1. The van der Waals surface area contributed by atoms with Crippen molar-refractivity contribution in [2.24, 2.45) is 10.9 Å². The van der Waals surface area contributed by atoms with Gasteiger partial charge in [0, 0.05) is 6.54 Å². The van der Waals surface area contributed by atoms with Crippen LogP contribution in [0, 0.1) is 4.91 Å². The molecule has 1 aromatic rings. The summed E-state index contributed by atoms with van der Waals surface area (Å²) in [6.45, 7) is 4.50. The highest BCUT2D eigenvalue weighted by molar-refractivity contribution is 5.38. The normalized spacial score (nSPS) is 8.25. The fraction of sp³-hybridized carbons (Fsp3) is 0.333. The molecule has 0 radical (unpaired) electrons. The van der Waals surface area contributed by atoms with Crippen LogP contribution in [-0.4, -0.2) is 0 Å². The topological polar surface area (TPSA) is 55.4 Å². The zero-order chi connectivity index (χ0) is 9.40. The minimum Gasteiger partial charge on any atom is -0.326 e. The molecule has 0 unspecified atom stereocenters. The standard InChI is InChI=1S/C7H8N2O.C2H6/c8-5-6-1-3-7(9-10)4-2-6;1-2/h1-4H,5,8H2;1-2H3. The number of nitrogens with two attached hydrogens (primary N) is 1. The van der Waals surface area contributed by atoms with Gasteiger partial charge in [0.1, 0.15) is 5.69 Å². The van der Waals surface area contributed by atoms with E-state index in [-0.39, 0.29) is 0 Å². The molecule has 0 amide bonds. The Morgan fingerprint density at radius 1 is 1.25 bits per heavy atom. The lowest BCUT2D eigenvalue weighted by Crippen LogP contribution is -1.94. The Bertz CT molecular complexity index is 218. The van der Waals surface area contributed by atoms with Crippen LogP contribution in [0.3, 0.4) is 0 Å². The molecular weight excluding hydrogens is 152 g/mol. The lowest BCUT2D eigenvalue weighted by molar-refractivity contribution is 1.07. The fourth-order valence-corrected chi connectivity index (χ4v) is 0.693. The molecule has 0 saturated carbocycles. The third-order valence-corrected chi connectivity index (χ3v) is 1.28. The van der Waals surface area contributed by atoms with Crippen molar-refractivity contribution in [2.75, 3.05) is 0 Å². The van der Waals surface area contributed by atoms with E-state index in [1.54, 1.807) is 24.3 Å². The zero-order valence-electron chi connectivity index (χ0n) is 7.45. The predicted molar refractivity (Wildman–Crippen MR) is 51.1 cm³/mol. The molecule has 2 N–H and O–H groups in total. The van der Waals surface area contributed by atoms with Gasteiger partial charge in [-0.25, -0.2) is 0 Å². The molecule has 66 valence electrons. The molecule has 0 heterocycles. The van der Waals surface area contributed by atoms with E-state index in [1.807, 2.05) is 13.8 Å². The van der Waals surface area contributed by atoms with Gasteiger partial charge in [-0.2, -0.15) is 0 Å². The Hall–Kier alpha value is -1.22. The van der Waals surface area contributed by atoms with E-state index < -0.39 is 0 Å². The van der Waals surface area contributed by atoms with Crippen molar-refractivity contribution in [1.82, 2.24) is 0 Å². The van der Waals surface area contributed by atoms with E-state index in [9.17, 15) is 4.91 Å². The molecule has 3 nitrogen and oxygen atoms in total. The van der Waals surface area contributed by atoms with Crippen LogP contribution in [0.5, 0.6) is 0 Å². The molecule has 1 aromatic carbocycles. The predicted octanol–water partition coefficient (Wildman–Crippen LogP) is 2.57. The highest BCUT2D eigenvalue weighted by Gasteiger charge is 1.89. The van der Waals surface area contributed by atoms with Crippen molar-refractivity contribution in [2.45, 2.75) is 20.4 Å². The number of hydrogen-bond acceptors (Lipinski definition) is 3. The quantitative estimate of drug-likeness (QED) is 0.686. The van der Waals surface area contributed by atoms with Gasteiger partial charge < -0.3 is 5.73 Å². The van der Waals surface area contributed by atoms with Crippen LogP contribution in [0.2, 0.25) is 0 Å². The van der Waals surface area contributed by atoms with E-state index in [0.29, 0.717) is 12.2 Å². The van der Waals surface area contributed by atoms with Gasteiger partial charge in [-0.3, -0.25) is 0 Å². The van der Waals surface area contributed by atoms with Crippen LogP contribution in [0.4, 0.5) is 5.69 Å². The third kappa shape index (κ3) is 3.25. The van der Waals surface area contributed by atoms with Crippen molar-refractivity contribution in [3.05, 3.63) is 34.7 Å². The van der Waals surface area contributed by atoms with Gasteiger partial charge in [-0.1, -0.05) is 26.0 Å². The molecule has 0 saturated heterocycles. The molecule has 0 fully saturated rings. The minimum atomic E-state index is 0.442. The average molecular weight is 166 g/mol. The summed E-state index contributed by atoms with van der Waals surface area (Å²) in [5.41, 5.74) is 6.78. The van der Waals surface area contributed by atoms with E-state index in [0.717, 1.165) is 5.56 Å². The van der Waals surface area contributed by atoms with E-state index >= 15 is 0 Å². The summed E-state index contributed by atoms with van der Waals surface area (Å²) in [7, 11) is 0. The lowest BCUT2D eigenvalue weighted by atomic mass is 10.2. The summed E-state index contributed by atoms with van der Waals surface area (Å²) < 4.78 is 0. The molecular formula is C9H14N2O. The van der Waals surface area contributed by atoms with E-state index in [1.165, 1.54) is 0 Å². The van der Waals surface area contributed by atoms with Gasteiger partial charge in [-0.05, 0) is 22.9 Å². The van der Waals surface area contributed by atoms with Crippen molar-refractivity contribution >= 4 is 5.69 Å². The number of nitrogens with zero attached hydrogens (tertiary/aromatic N) is 1. The SMILES string of the molecule is CC.NCc1ccc(N=O)cc1. The third-order valence-electron chi connectivity index (χ3n) is 1.28. The maximum atomic E-state index is 9.92. The molecule has 0 aliphatic rings. The second kappa shape index (κ2) is 6.49. The monoisotopic (exact) mass is 166 g/mol. The van der Waals surface area contributed by atoms with Crippen molar-refractivity contribution < 1.29 is 0 Å². The first kappa shape index (κ1) is 10.8. The molecule has 0 aliphatic carbocycles. The van der Waals surface area contributed by atoms with Gasteiger partial charge in [0.05, 0.1) is 0 Å². The smallest absolute Gasteiger partial charge is 0.108 e. The summed E-state index contributed by atoms with van der Waals surface area (Å²) in [5.74, 6) is 0. The van der Waals surface area contributed by atoms with Gasteiger partial charge in [0.2, 0.25) is 0 Å². The Labute approximate surface area is 72.6 Å². The summed E-state index contributed by atoms with van der Waals surface area (Å²) in [6, 6.07) is 6.87. The molecule has 12 heavy (non-hydrogen) atoms. The van der Waals surface area contributed by atoms with Crippen LogP contribution in [0.15, 0.2) is 29.4 Å². The van der Waals surface area contributed by atoms with E-state index in [2.05, 4.69) is 5.18 Å². The molecule has 0 aromatic heterocycles. The van der Waals surface area contributed by atoms with Gasteiger partial charge in [0.25, 0.3) is 0 Å². The number of benzene rings is 1. The summed E-state index contributed by atoms with van der Waals surface area (Å²) >= 11 is 0. The van der Waals surface area contributed by atoms with Crippen LogP contribution < -0.4 is 5.73 Å². The van der Waals surface area contributed by atoms with Crippen molar-refractivity contribution in [3.63, 3.8) is 0 Å². The summed E-state index contributed by atoms with van der Waals surface area (Å²) in [5, 5.41) is 2.76. The molecule has 3 heteroatoms. The Balaban J connectivity index is 0.000000561. The molecule has 0 atom stereocenters. The van der Waals surface area contributed by atoms with Crippen molar-refractivity contribution in [1.29, 1.82) is 0 Å². The maximum Gasteiger partial charge on any atom is 0.108 e. The van der Waals surface area contributed by atoms with Crippen LogP contribution in [-0.2, 0) is 6.54 Å². The first-order chi connectivity index (χ1) is 5.86. The Kier molecular flexibility index (Phi) is 5.83. The molecule has 0 aliphatic heterocycles. The van der Waals surface area contributed by atoms with Crippen LogP contribution in [0.25, 0.3) is 0 Å². The van der Waals surface area contributed by atoms with Crippen LogP contribution in [0.1, 0.15) is 19.4 Å². The Morgan fingerprint density at radius 3 is 2.08 bits per heavy atom.